The highest BCUT2D eigenvalue weighted by molar-refractivity contribution is 6.10. The van der Waals surface area contributed by atoms with Crippen molar-refractivity contribution in [2.75, 3.05) is 13.1 Å². The van der Waals surface area contributed by atoms with E-state index in [-0.39, 0.29) is 38.1 Å². The van der Waals surface area contributed by atoms with Gasteiger partial charge in [-0.25, -0.2) is 4.79 Å². The summed E-state index contributed by atoms with van der Waals surface area (Å²) in [7, 11) is 0. The van der Waals surface area contributed by atoms with Crippen LogP contribution >= 0.6 is 0 Å². The molecular formula is C30H42F2N4O8. The third kappa shape index (κ3) is 10.6. The van der Waals surface area contributed by atoms with Crippen molar-refractivity contribution >= 4 is 35.6 Å². The maximum Gasteiger partial charge on any atom is 0.408 e. The molecule has 0 saturated carbocycles. The number of nitrogens with zero attached hydrogens (tertiary/aromatic N) is 1. The number of likely N-dealkylation sites (tertiary alicyclic amines) is 1. The molecule has 2 rings (SSSR count). The van der Waals surface area contributed by atoms with E-state index in [4.69, 9.17) is 9.84 Å². The molecule has 244 valence electrons. The van der Waals surface area contributed by atoms with E-state index in [0.29, 0.717) is 12.0 Å². The maximum atomic E-state index is 15.1. The Kier molecular flexibility index (Phi) is 12.8. The summed E-state index contributed by atoms with van der Waals surface area (Å²) in [6.07, 6.45) is -1.07. The van der Waals surface area contributed by atoms with Gasteiger partial charge in [-0.05, 0) is 51.5 Å². The van der Waals surface area contributed by atoms with Crippen LogP contribution in [0.5, 0.6) is 0 Å². The molecule has 1 aliphatic heterocycles. The van der Waals surface area contributed by atoms with E-state index in [1.54, 1.807) is 65.0 Å². The highest BCUT2D eigenvalue weighted by atomic mass is 19.3. The lowest BCUT2D eigenvalue weighted by molar-refractivity contribution is -0.160. The molecule has 44 heavy (non-hydrogen) atoms. The van der Waals surface area contributed by atoms with E-state index in [1.165, 1.54) is 4.90 Å². The topological polar surface area (TPSA) is 171 Å². The largest absolute Gasteiger partial charge is 0.481 e. The molecule has 1 saturated heterocycles. The number of aliphatic carboxylic acids is 1. The lowest BCUT2D eigenvalue weighted by Crippen LogP contribution is -2.59. The predicted octanol–water partition coefficient (Wildman–Crippen LogP) is 2.44. The highest BCUT2D eigenvalue weighted by Gasteiger charge is 2.51. The molecule has 1 aromatic rings. The number of carbonyl (C=O) groups is 6. The van der Waals surface area contributed by atoms with E-state index in [0.717, 1.165) is 0 Å². The molecule has 4 amide bonds. The van der Waals surface area contributed by atoms with Crippen LogP contribution in [0.1, 0.15) is 65.9 Å². The number of amides is 4. The SMILES string of the molecule is CC(C)[C@H](NC(=O)OC(C)(C)C)C(=O)N1CCC[C@H]1C(=O)NC(Cc1ccccc1)C(=O)C(F)(F)C(=O)NCCCC(=O)O. The van der Waals surface area contributed by atoms with Crippen molar-refractivity contribution in [1.29, 1.82) is 0 Å². The van der Waals surface area contributed by atoms with Gasteiger partial charge in [0.2, 0.25) is 17.6 Å². The van der Waals surface area contributed by atoms with E-state index in [9.17, 15) is 28.8 Å². The average Bonchev–Trinajstić information content (AvgIpc) is 3.42. The Hall–Kier alpha value is -4.10. The quantitative estimate of drug-likeness (QED) is 0.181. The molecule has 3 atom stereocenters. The van der Waals surface area contributed by atoms with Crippen molar-refractivity contribution in [3.05, 3.63) is 35.9 Å². The highest BCUT2D eigenvalue weighted by Crippen LogP contribution is 2.23. The van der Waals surface area contributed by atoms with Crippen molar-refractivity contribution in [3.63, 3.8) is 0 Å². The van der Waals surface area contributed by atoms with Crippen LogP contribution in [0.15, 0.2) is 30.3 Å². The number of carboxylic acid groups (broad SMARTS) is 1. The van der Waals surface area contributed by atoms with Crippen LogP contribution in [-0.2, 0) is 35.1 Å². The summed E-state index contributed by atoms with van der Waals surface area (Å²) in [6.45, 7) is 8.17. The van der Waals surface area contributed by atoms with E-state index >= 15 is 8.78 Å². The van der Waals surface area contributed by atoms with Gasteiger partial charge in [0.1, 0.15) is 17.7 Å². The number of nitrogens with one attached hydrogen (secondary N) is 3. The molecule has 1 aliphatic rings. The smallest absolute Gasteiger partial charge is 0.408 e. The number of ether oxygens (including phenoxy) is 1. The first-order chi connectivity index (χ1) is 20.4. The number of alkyl carbamates (subject to hydrolysis) is 1. The van der Waals surface area contributed by atoms with Gasteiger partial charge in [0.15, 0.2) is 0 Å². The lowest BCUT2D eigenvalue weighted by Gasteiger charge is -2.32. The summed E-state index contributed by atoms with van der Waals surface area (Å²) in [4.78, 5) is 76.7. The lowest BCUT2D eigenvalue weighted by atomic mass is 9.97. The van der Waals surface area contributed by atoms with Crippen LogP contribution in [0.25, 0.3) is 0 Å². The third-order valence-electron chi connectivity index (χ3n) is 6.81. The molecule has 0 bridgehead atoms. The van der Waals surface area contributed by atoms with E-state index in [2.05, 4.69) is 10.6 Å². The van der Waals surface area contributed by atoms with Crippen molar-refractivity contribution in [1.82, 2.24) is 20.9 Å². The fraction of sp³-hybridized carbons (Fsp3) is 0.600. The molecule has 0 spiro atoms. The monoisotopic (exact) mass is 624 g/mol. The summed E-state index contributed by atoms with van der Waals surface area (Å²) >= 11 is 0. The standard InChI is InChI=1S/C30H42F2N4O8/c1-18(2)23(35-28(43)44-29(3,4)5)26(41)36-16-10-13-21(36)25(40)34-20(17-19-11-7-6-8-12-19)24(39)30(31,32)27(42)33-15-9-14-22(37)38/h6-8,11-12,18,20-21,23H,9-10,13-17H2,1-5H3,(H,33,42)(H,34,40)(H,35,43)(H,37,38)/t20?,21-,23-/m0/s1. The zero-order chi connectivity index (χ0) is 33.2. The number of halogens is 2. The first-order valence-corrected chi connectivity index (χ1v) is 14.5. The molecule has 1 fully saturated rings. The van der Waals surface area contributed by atoms with Crippen molar-refractivity contribution in [2.45, 2.75) is 96.4 Å². The molecule has 0 aromatic heterocycles. The Morgan fingerprint density at radius 2 is 1.68 bits per heavy atom. The number of Topliss-reactive ketones (excluding diaryl/α,β-unsaturated/α-hetero) is 1. The van der Waals surface area contributed by atoms with Crippen molar-refractivity contribution < 1.29 is 47.4 Å². The van der Waals surface area contributed by atoms with E-state index < -0.39 is 71.8 Å². The van der Waals surface area contributed by atoms with Crippen molar-refractivity contribution in [3.8, 4) is 0 Å². The summed E-state index contributed by atoms with van der Waals surface area (Å²) in [5.41, 5.74) is -0.382. The Morgan fingerprint density at radius 1 is 1.05 bits per heavy atom. The predicted molar refractivity (Wildman–Crippen MR) is 155 cm³/mol. The van der Waals surface area contributed by atoms with Gasteiger partial charge < -0.3 is 30.7 Å². The third-order valence-corrected chi connectivity index (χ3v) is 6.81. The summed E-state index contributed by atoms with van der Waals surface area (Å²) in [5, 5.41) is 15.5. The second-order valence-corrected chi connectivity index (χ2v) is 12.0. The number of carboxylic acids is 1. The maximum absolute atomic E-state index is 15.1. The number of hydrogen-bond donors (Lipinski definition) is 4. The fourth-order valence-electron chi connectivity index (χ4n) is 4.64. The number of carbonyl (C=O) groups excluding carboxylic acids is 5. The fourth-order valence-corrected chi connectivity index (χ4v) is 4.64. The molecule has 1 heterocycles. The van der Waals surface area contributed by atoms with Crippen LogP contribution in [0.2, 0.25) is 0 Å². The van der Waals surface area contributed by atoms with Gasteiger partial charge in [-0.2, -0.15) is 8.78 Å². The number of rotatable bonds is 14. The van der Waals surface area contributed by atoms with Crippen LogP contribution in [0.4, 0.5) is 13.6 Å². The zero-order valence-electron chi connectivity index (χ0n) is 25.7. The van der Waals surface area contributed by atoms with Gasteiger partial charge in [0.05, 0.1) is 6.04 Å². The van der Waals surface area contributed by atoms with Gasteiger partial charge >= 0.3 is 18.0 Å². The van der Waals surface area contributed by atoms with E-state index in [1.807, 2.05) is 5.32 Å². The minimum absolute atomic E-state index is 0.124. The first kappa shape index (κ1) is 36.1. The summed E-state index contributed by atoms with van der Waals surface area (Å²) in [6, 6.07) is 4.05. The Bertz CT molecular complexity index is 1200. The van der Waals surface area contributed by atoms with Gasteiger partial charge in [-0.15, -0.1) is 0 Å². The molecule has 4 N–H and O–H groups in total. The molecule has 1 unspecified atom stereocenters. The van der Waals surface area contributed by atoms with Gasteiger partial charge in [-0.1, -0.05) is 44.2 Å². The Balaban J connectivity index is 2.24. The Morgan fingerprint density at radius 3 is 2.25 bits per heavy atom. The number of ketones is 1. The van der Waals surface area contributed by atoms with Crippen molar-refractivity contribution in [2.24, 2.45) is 5.92 Å². The van der Waals surface area contributed by atoms with Crippen LogP contribution in [0.3, 0.4) is 0 Å². The number of benzene rings is 1. The molecule has 0 radical (unpaired) electrons. The van der Waals surface area contributed by atoms with Crippen LogP contribution < -0.4 is 16.0 Å². The summed E-state index contributed by atoms with van der Waals surface area (Å²) < 4.78 is 35.4. The second-order valence-electron chi connectivity index (χ2n) is 12.0. The molecule has 0 aliphatic carbocycles. The summed E-state index contributed by atoms with van der Waals surface area (Å²) in [5.74, 6) is -11.3. The minimum Gasteiger partial charge on any atom is -0.481 e. The first-order valence-electron chi connectivity index (χ1n) is 14.5. The molecule has 12 nitrogen and oxygen atoms in total. The minimum atomic E-state index is -4.54. The average molecular weight is 625 g/mol. The van der Waals surface area contributed by atoms with Gasteiger partial charge in [0.25, 0.3) is 5.91 Å². The van der Waals surface area contributed by atoms with Gasteiger partial charge in [-0.3, -0.25) is 24.0 Å². The van der Waals surface area contributed by atoms with Crippen LogP contribution in [0, 0.1) is 5.92 Å². The zero-order valence-corrected chi connectivity index (χ0v) is 25.7. The normalized spacial score (nSPS) is 16.5. The molecule has 1 aromatic carbocycles. The number of alkyl halides is 2. The van der Waals surface area contributed by atoms with Crippen LogP contribution in [-0.4, -0.2) is 88.3 Å². The van der Waals surface area contributed by atoms with Gasteiger partial charge in [0, 0.05) is 25.9 Å². The Labute approximate surface area is 255 Å². The second kappa shape index (κ2) is 15.6. The molecule has 14 heteroatoms. The number of hydrogen-bond acceptors (Lipinski definition) is 7. The molecular weight excluding hydrogens is 582 g/mol.